The van der Waals surface area contributed by atoms with E-state index in [2.05, 4.69) is 10.6 Å². The summed E-state index contributed by atoms with van der Waals surface area (Å²) in [6.07, 6.45) is 2.63. The van der Waals surface area contributed by atoms with Gasteiger partial charge in [-0.1, -0.05) is 0 Å². The Morgan fingerprint density at radius 1 is 1.28 bits per heavy atom. The van der Waals surface area contributed by atoms with Crippen molar-refractivity contribution in [3.05, 3.63) is 0 Å². The van der Waals surface area contributed by atoms with Gasteiger partial charge in [0.25, 0.3) is 0 Å². The highest BCUT2D eigenvalue weighted by molar-refractivity contribution is 5.89. The Hall–Kier alpha value is -1.43. The Balaban J connectivity index is 2.42. The first-order valence-corrected chi connectivity index (χ1v) is 6.34. The minimum Gasteiger partial charge on any atom is -0.481 e. The predicted octanol–water partition coefficient (Wildman–Crippen LogP) is 0.0687. The van der Waals surface area contributed by atoms with Crippen molar-refractivity contribution >= 4 is 17.7 Å². The van der Waals surface area contributed by atoms with Crippen molar-refractivity contribution in [3.8, 4) is 0 Å². The third kappa shape index (κ3) is 5.77. The fourth-order valence-electron chi connectivity index (χ4n) is 1.91. The number of carbonyl (C=O) groups excluding carboxylic acids is 2. The molecule has 1 aliphatic heterocycles. The van der Waals surface area contributed by atoms with Crippen LogP contribution in [0.25, 0.3) is 0 Å². The summed E-state index contributed by atoms with van der Waals surface area (Å²) >= 11 is 0. The van der Waals surface area contributed by atoms with Gasteiger partial charge in [-0.3, -0.25) is 14.4 Å². The van der Waals surface area contributed by atoms with Crippen LogP contribution >= 0.6 is 0 Å². The number of aliphatic carboxylic acids is 1. The van der Waals surface area contributed by atoms with Crippen LogP contribution in [0.15, 0.2) is 0 Å². The number of ketones is 1. The van der Waals surface area contributed by atoms with Gasteiger partial charge in [-0.05, 0) is 25.8 Å². The van der Waals surface area contributed by atoms with E-state index in [1.54, 1.807) is 0 Å². The lowest BCUT2D eigenvalue weighted by molar-refractivity contribution is -0.139. The predicted molar refractivity (Wildman–Crippen MR) is 65.1 cm³/mol. The smallest absolute Gasteiger partial charge is 0.303 e. The van der Waals surface area contributed by atoms with E-state index in [1.165, 1.54) is 0 Å². The van der Waals surface area contributed by atoms with E-state index >= 15 is 0 Å². The quantitative estimate of drug-likeness (QED) is 0.661. The standard InChI is InChI=1S/C12H20N2O4/c15-10-6-8-13-7-2-1-3-9(10)14-11(16)4-5-12(17)18/h9,13H,1-8H2,(H,14,16)(H,17,18). The molecule has 18 heavy (non-hydrogen) atoms. The van der Waals surface area contributed by atoms with Gasteiger partial charge in [0.15, 0.2) is 5.78 Å². The number of carbonyl (C=O) groups is 3. The number of Topliss-reactive ketones (excluding diaryl/α,β-unsaturated/α-hetero) is 1. The van der Waals surface area contributed by atoms with Crippen LogP contribution in [0, 0.1) is 0 Å². The molecule has 1 saturated heterocycles. The molecule has 1 fully saturated rings. The molecule has 102 valence electrons. The van der Waals surface area contributed by atoms with Gasteiger partial charge in [0.2, 0.25) is 5.91 Å². The molecule has 1 rings (SSSR count). The second-order valence-corrected chi connectivity index (χ2v) is 4.48. The fraction of sp³-hybridized carbons (Fsp3) is 0.750. The lowest BCUT2D eigenvalue weighted by Gasteiger charge is -2.16. The normalized spacial score (nSPS) is 21.6. The van der Waals surface area contributed by atoms with Crippen LogP contribution in [0.4, 0.5) is 0 Å². The molecule has 1 amide bonds. The number of hydrogen-bond acceptors (Lipinski definition) is 4. The van der Waals surface area contributed by atoms with Crippen LogP contribution in [-0.2, 0) is 14.4 Å². The van der Waals surface area contributed by atoms with Crippen molar-refractivity contribution in [3.63, 3.8) is 0 Å². The highest BCUT2D eigenvalue weighted by Gasteiger charge is 2.20. The molecule has 1 atom stereocenters. The summed E-state index contributed by atoms with van der Waals surface area (Å²) in [4.78, 5) is 33.7. The number of carboxylic acids is 1. The maximum absolute atomic E-state index is 11.8. The zero-order valence-corrected chi connectivity index (χ0v) is 10.4. The van der Waals surface area contributed by atoms with Gasteiger partial charge >= 0.3 is 5.97 Å². The summed E-state index contributed by atoms with van der Waals surface area (Å²) in [5.74, 6) is -1.34. The van der Waals surface area contributed by atoms with E-state index in [0.717, 1.165) is 19.4 Å². The average molecular weight is 256 g/mol. The maximum Gasteiger partial charge on any atom is 0.303 e. The molecule has 0 spiro atoms. The minimum absolute atomic E-state index is 0.0214. The Kier molecular flexibility index (Phi) is 6.35. The van der Waals surface area contributed by atoms with Crippen LogP contribution in [-0.4, -0.2) is 41.9 Å². The van der Waals surface area contributed by atoms with Crippen LogP contribution in [0.3, 0.4) is 0 Å². The Morgan fingerprint density at radius 3 is 2.78 bits per heavy atom. The van der Waals surface area contributed by atoms with Crippen molar-refractivity contribution < 1.29 is 19.5 Å². The van der Waals surface area contributed by atoms with Gasteiger partial charge in [0, 0.05) is 19.4 Å². The van der Waals surface area contributed by atoms with Gasteiger partial charge in [-0.15, -0.1) is 0 Å². The average Bonchev–Trinajstić information content (AvgIpc) is 2.41. The van der Waals surface area contributed by atoms with Gasteiger partial charge in [-0.25, -0.2) is 0 Å². The molecule has 0 radical (unpaired) electrons. The minimum atomic E-state index is -1.00. The molecule has 0 aromatic heterocycles. The first kappa shape index (κ1) is 14.6. The topological polar surface area (TPSA) is 95.5 Å². The van der Waals surface area contributed by atoms with Gasteiger partial charge < -0.3 is 15.7 Å². The molecule has 6 heteroatoms. The second-order valence-electron chi connectivity index (χ2n) is 4.48. The molecule has 0 bridgehead atoms. The first-order chi connectivity index (χ1) is 8.59. The maximum atomic E-state index is 11.8. The summed E-state index contributed by atoms with van der Waals surface area (Å²) in [6, 6.07) is -0.453. The van der Waals surface area contributed by atoms with E-state index in [-0.39, 0.29) is 24.5 Å². The van der Waals surface area contributed by atoms with Gasteiger partial charge in [0.05, 0.1) is 12.5 Å². The van der Waals surface area contributed by atoms with E-state index < -0.39 is 12.0 Å². The summed E-state index contributed by atoms with van der Waals surface area (Å²) in [5, 5.41) is 14.3. The molecule has 6 nitrogen and oxygen atoms in total. The van der Waals surface area contributed by atoms with E-state index in [9.17, 15) is 14.4 Å². The van der Waals surface area contributed by atoms with Crippen LogP contribution in [0.1, 0.15) is 38.5 Å². The molecular formula is C12H20N2O4. The molecule has 1 aliphatic rings. The number of rotatable bonds is 4. The fourth-order valence-corrected chi connectivity index (χ4v) is 1.91. The second kappa shape index (κ2) is 7.81. The van der Waals surface area contributed by atoms with Crippen LogP contribution < -0.4 is 10.6 Å². The molecule has 0 aliphatic carbocycles. The monoisotopic (exact) mass is 256 g/mol. The lowest BCUT2D eigenvalue weighted by Crippen LogP contribution is -2.41. The summed E-state index contributed by atoms with van der Waals surface area (Å²) in [6.45, 7) is 1.54. The van der Waals surface area contributed by atoms with E-state index in [1.807, 2.05) is 0 Å². The summed E-state index contributed by atoms with van der Waals surface area (Å²) < 4.78 is 0. The Labute approximate surface area is 106 Å². The zero-order valence-electron chi connectivity index (χ0n) is 10.4. The molecule has 0 saturated carbocycles. The largest absolute Gasteiger partial charge is 0.481 e. The van der Waals surface area contributed by atoms with Crippen molar-refractivity contribution in [2.45, 2.75) is 44.6 Å². The zero-order chi connectivity index (χ0) is 13.4. The molecule has 1 unspecified atom stereocenters. The third-order valence-corrected chi connectivity index (χ3v) is 2.93. The van der Waals surface area contributed by atoms with Crippen molar-refractivity contribution in [2.24, 2.45) is 0 Å². The number of amides is 1. The van der Waals surface area contributed by atoms with Crippen molar-refractivity contribution in [1.29, 1.82) is 0 Å². The van der Waals surface area contributed by atoms with E-state index in [0.29, 0.717) is 19.4 Å². The third-order valence-electron chi connectivity index (χ3n) is 2.93. The Bertz CT molecular complexity index is 317. The molecular weight excluding hydrogens is 236 g/mol. The van der Waals surface area contributed by atoms with Crippen LogP contribution in [0.2, 0.25) is 0 Å². The lowest BCUT2D eigenvalue weighted by atomic mass is 10.0. The van der Waals surface area contributed by atoms with E-state index in [4.69, 9.17) is 5.11 Å². The summed E-state index contributed by atoms with van der Waals surface area (Å²) in [5.41, 5.74) is 0. The van der Waals surface area contributed by atoms with Gasteiger partial charge in [0.1, 0.15) is 0 Å². The molecule has 0 aromatic rings. The summed E-state index contributed by atoms with van der Waals surface area (Å²) in [7, 11) is 0. The van der Waals surface area contributed by atoms with Crippen molar-refractivity contribution in [2.75, 3.05) is 13.1 Å². The highest BCUT2D eigenvalue weighted by Crippen LogP contribution is 2.06. The first-order valence-electron chi connectivity index (χ1n) is 6.34. The molecule has 0 aromatic carbocycles. The molecule has 3 N–H and O–H groups in total. The highest BCUT2D eigenvalue weighted by atomic mass is 16.4. The van der Waals surface area contributed by atoms with Crippen LogP contribution in [0.5, 0.6) is 0 Å². The Morgan fingerprint density at radius 2 is 2.06 bits per heavy atom. The van der Waals surface area contributed by atoms with Crippen molar-refractivity contribution in [1.82, 2.24) is 10.6 Å². The number of hydrogen-bond donors (Lipinski definition) is 3. The number of carboxylic acid groups (broad SMARTS) is 1. The number of nitrogens with one attached hydrogen (secondary N) is 2. The molecule has 1 heterocycles. The SMILES string of the molecule is O=C(O)CCC(=O)NC1CCCCNCCC1=O. The van der Waals surface area contributed by atoms with Gasteiger partial charge in [-0.2, -0.15) is 0 Å².